The molecule has 2 unspecified atom stereocenters. The lowest BCUT2D eigenvalue weighted by Crippen LogP contribution is -2.35. The number of anilines is 2. The van der Waals surface area contributed by atoms with Gasteiger partial charge in [0.15, 0.2) is 5.82 Å². The molecule has 5 rings (SSSR count). The van der Waals surface area contributed by atoms with Gasteiger partial charge in [-0.2, -0.15) is 10.2 Å². The summed E-state index contributed by atoms with van der Waals surface area (Å²) < 4.78 is 2.00. The first-order chi connectivity index (χ1) is 13.9. The van der Waals surface area contributed by atoms with Crippen LogP contribution in [0.1, 0.15) is 48.1 Å². The Bertz CT molecular complexity index is 1010. The number of likely N-dealkylation sites (N-methyl/N-ethyl adjacent to an activating group) is 1. The molecule has 0 N–H and O–H groups in total. The Labute approximate surface area is 171 Å². The number of rotatable bonds is 2. The van der Waals surface area contributed by atoms with Crippen molar-refractivity contribution in [3.8, 4) is 0 Å². The first-order valence-corrected chi connectivity index (χ1v) is 10.4. The van der Waals surface area contributed by atoms with Gasteiger partial charge in [0, 0.05) is 82.1 Å². The van der Waals surface area contributed by atoms with Gasteiger partial charge in [0.2, 0.25) is 5.91 Å². The van der Waals surface area contributed by atoms with Crippen LogP contribution in [0, 0.1) is 0 Å². The van der Waals surface area contributed by atoms with Crippen molar-refractivity contribution in [1.82, 2.24) is 19.7 Å². The van der Waals surface area contributed by atoms with E-state index in [1.54, 1.807) is 6.92 Å². The molecule has 1 aromatic heterocycles. The third-order valence-corrected chi connectivity index (χ3v) is 6.58. The van der Waals surface area contributed by atoms with E-state index in [1.165, 1.54) is 28.1 Å². The lowest BCUT2D eigenvalue weighted by Gasteiger charge is -2.28. The van der Waals surface area contributed by atoms with Crippen LogP contribution >= 0.6 is 0 Å². The Morgan fingerprint density at radius 1 is 1.21 bits per heavy atom. The molecule has 152 valence electrons. The lowest BCUT2D eigenvalue weighted by molar-refractivity contribution is -0.129. The molecule has 0 saturated heterocycles. The summed E-state index contributed by atoms with van der Waals surface area (Å²) >= 11 is 0. The van der Waals surface area contributed by atoms with E-state index in [1.807, 2.05) is 34.9 Å². The number of aromatic nitrogens is 2. The van der Waals surface area contributed by atoms with Gasteiger partial charge in [0.1, 0.15) is 0 Å². The van der Waals surface area contributed by atoms with Crippen molar-refractivity contribution in [1.29, 1.82) is 0 Å². The zero-order valence-electron chi connectivity index (χ0n) is 17.6. The second-order valence-electron chi connectivity index (χ2n) is 8.60. The molecule has 4 heterocycles. The van der Waals surface area contributed by atoms with Gasteiger partial charge in [-0.3, -0.25) is 14.5 Å². The highest BCUT2D eigenvalue weighted by Gasteiger charge is 2.34. The van der Waals surface area contributed by atoms with Crippen molar-refractivity contribution in [2.45, 2.75) is 38.6 Å². The fraction of sp³-hybridized carbons (Fsp3) is 0.500. The summed E-state index contributed by atoms with van der Waals surface area (Å²) in [5, 5.41) is 11.3. The summed E-state index contributed by atoms with van der Waals surface area (Å²) in [5.74, 6) is 1.94. The minimum Gasteiger partial charge on any atom is -0.338 e. The van der Waals surface area contributed by atoms with Gasteiger partial charge in [0.25, 0.3) is 0 Å². The van der Waals surface area contributed by atoms with Crippen LogP contribution in [0.5, 0.6) is 0 Å². The topological polar surface area (TPSA) is 57.0 Å². The second kappa shape index (κ2) is 6.61. The number of hydrazone groups is 1. The molecule has 0 radical (unpaired) electrons. The Balaban J connectivity index is 1.51. The van der Waals surface area contributed by atoms with Crippen LogP contribution in [0.2, 0.25) is 0 Å². The number of hydrogen-bond acceptors (Lipinski definition) is 5. The van der Waals surface area contributed by atoms with Crippen molar-refractivity contribution in [3.63, 3.8) is 0 Å². The van der Waals surface area contributed by atoms with E-state index in [-0.39, 0.29) is 5.91 Å². The average molecular weight is 393 g/mol. The molecule has 0 spiro atoms. The van der Waals surface area contributed by atoms with Crippen LogP contribution in [0.15, 0.2) is 23.3 Å². The predicted molar refractivity (Wildman–Crippen MR) is 114 cm³/mol. The number of nitrogens with zero attached hydrogens (tertiary/aromatic N) is 6. The smallest absolute Gasteiger partial charge is 0.219 e. The molecule has 2 aromatic rings. The average Bonchev–Trinajstić information content (AvgIpc) is 3.37. The standard InChI is InChI=1S/C22H28N6O/c1-14-11-28(21-6-5-16(9-18(14)21)17-10-23-25(3)12-17)22-19-13-27(15(2)29)8-7-20(19)26(4)24-22/h5-6,9-10,14,17H,7-8,11-13H2,1-4H3. The van der Waals surface area contributed by atoms with Gasteiger partial charge in [-0.25, -0.2) is 0 Å². The molecule has 3 aliphatic heterocycles. The molecule has 1 aromatic carbocycles. The third-order valence-electron chi connectivity index (χ3n) is 6.58. The number of carbonyl (C=O) groups is 1. The summed E-state index contributed by atoms with van der Waals surface area (Å²) in [5.41, 5.74) is 6.40. The highest BCUT2D eigenvalue weighted by Crippen LogP contribution is 2.43. The molecule has 0 aliphatic carbocycles. The van der Waals surface area contributed by atoms with Crippen LogP contribution in [0.25, 0.3) is 0 Å². The van der Waals surface area contributed by atoms with E-state index in [2.05, 4.69) is 35.1 Å². The highest BCUT2D eigenvalue weighted by molar-refractivity contribution is 5.77. The van der Waals surface area contributed by atoms with Gasteiger partial charge < -0.3 is 9.80 Å². The lowest BCUT2D eigenvalue weighted by atomic mass is 9.94. The number of hydrogen-bond donors (Lipinski definition) is 0. The molecule has 2 atom stereocenters. The maximum Gasteiger partial charge on any atom is 0.219 e. The quantitative estimate of drug-likeness (QED) is 0.788. The maximum absolute atomic E-state index is 12.0. The van der Waals surface area contributed by atoms with E-state index in [9.17, 15) is 4.79 Å². The molecule has 29 heavy (non-hydrogen) atoms. The van der Waals surface area contributed by atoms with Crippen LogP contribution in [-0.2, 0) is 24.8 Å². The fourth-order valence-corrected chi connectivity index (χ4v) is 4.94. The van der Waals surface area contributed by atoms with E-state index in [0.717, 1.165) is 31.9 Å². The zero-order chi connectivity index (χ0) is 20.3. The van der Waals surface area contributed by atoms with Gasteiger partial charge in [-0.15, -0.1) is 0 Å². The largest absolute Gasteiger partial charge is 0.338 e. The minimum absolute atomic E-state index is 0.133. The van der Waals surface area contributed by atoms with Crippen molar-refractivity contribution >= 4 is 23.6 Å². The number of benzene rings is 1. The van der Waals surface area contributed by atoms with Gasteiger partial charge in [-0.1, -0.05) is 19.1 Å². The SMILES string of the molecule is CC(=O)N1CCc2c(c(N3CC(C)c4cc(C5C=NN(C)C5)ccc43)nn2C)C1. The first kappa shape index (κ1) is 18.2. The minimum atomic E-state index is 0.133. The van der Waals surface area contributed by atoms with E-state index in [4.69, 9.17) is 5.10 Å². The fourth-order valence-electron chi connectivity index (χ4n) is 4.94. The Hall–Kier alpha value is -2.83. The molecule has 3 aliphatic rings. The summed E-state index contributed by atoms with van der Waals surface area (Å²) in [6.07, 6.45) is 2.91. The van der Waals surface area contributed by atoms with Crippen LogP contribution in [0.3, 0.4) is 0 Å². The predicted octanol–water partition coefficient (Wildman–Crippen LogP) is 2.59. The number of aryl methyl sites for hydroxylation is 1. The van der Waals surface area contributed by atoms with Crippen LogP contribution < -0.4 is 4.90 Å². The number of fused-ring (bicyclic) bond motifs is 2. The molecule has 0 bridgehead atoms. The van der Waals surface area contributed by atoms with Gasteiger partial charge >= 0.3 is 0 Å². The molecule has 1 amide bonds. The molecular formula is C22H28N6O. The van der Waals surface area contributed by atoms with E-state index < -0.39 is 0 Å². The van der Waals surface area contributed by atoms with E-state index >= 15 is 0 Å². The summed E-state index contributed by atoms with van der Waals surface area (Å²) in [6, 6.07) is 6.83. The molecule has 0 fully saturated rings. The Morgan fingerprint density at radius 2 is 2.03 bits per heavy atom. The van der Waals surface area contributed by atoms with Gasteiger partial charge in [0.05, 0.1) is 6.54 Å². The van der Waals surface area contributed by atoms with Crippen LogP contribution in [-0.4, -0.2) is 58.5 Å². The molecule has 0 saturated carbocycles. The summed E-state index contributed by atoms with van der Waals surface area (Å²) in [6.45, 7) is 7.22. The maximum atomic E-state index is 12.0. The van der Waals surface area contributed by atoms with Gasteiger partial charge in [-0.05, 0) is 17.2 Å². The van der Waals surface area contributed by atoms with Crippen LogP contribution in [0.4, 0.5) is 11.5 Å². The highest BCUT2D eigenvalue weighted by atomic mass is 16.2. The molecular weight excluding hydrogens is 364 g/mol. The molecule has 7 nitrogen and oxygen atoms in total. The summed E-state index contributed by atoms with van der Waals surface area (Å²) in [4.78, 5) is 16.2. The Morgan fingerprint density at radius 3 is 2.76 bits per heavy atom. The van der Waals surface area contributed by atoms with Crippen molar-refractivity contribution in [2.24, 2.45) is 12.1 Å². The zero-order valence-corrected chi connectivity index (χ0v) is 17.6. The number of carbonyl (C=O) groups excluding carboxylic acids is 1. The van der Waals surface area contributed by atoms with Crippen molar-refractivity contribution in [3.05, 3.63) is 40.6 Å². The normalized spacial score (nSPS) is 23.0. The summed E-state index contributed by atoms with van der Waals surface area (Å²) in [7, 11) is 4.04. The van der Waals surface area contributed by atoms with Crippen molar-refractivity contribution < 1.29 is 4.79 Å². The third kappa shape index (κ3) is 2.91. The Kier molecular flexibility index (Phi) is 4.15. The monoisotopic (exact) mass is 392 g/mol. The molecule has 7 heteroatoms. The number of amides is 1. The second-order valence-corrected chi connectivity index (χ2v) is 8.60. The van der Waals surface area contributed by atoms with Crippen molar-refractivity contribution in [2.75, 3.05) is 31.6 Å². The van der Waals surface area contributed by atoms with E-state index in [0.29, 0.717) is 18.4 Å². The first-order valence-electron chi connectivity index (χ1n) is 10.4.